The van der Waals surface area contributed by atoms with Gasteiger partial charge in [-0.05, 0) is 12.1 Å². The maximum Gasteiger partial charge on any atom is 0.270 e. The smallest absolute Gasteiger partial charge is 0.270 e. The molecule has 1 atom stereocenters. The number of pyridine rings is 1. The lowest BCUT2D eigenvalue weighted by Crippen LogP contribution is -2.17. The van der Waals surface area contributed by atoms with Crippen LogP contribution in [0.15, 0.2) is 36.5 Å². The number of nitrogens with zero attached hydrogens (tertiary/aromatic N) is 3. The molecule has 2 aromatic rings. The molecule has 1 aromatic heterocycles. The monoisotopic (exact) mass is 354 g/mol. The van der Waals surface area contributed by atoms with Gasteiger partial charge in [0.2, 0.25) is 5.88 Å². The van der Waals surface area contributed by atoms with Gasteiger partial charge in [0.25, 0.3) is 11.6 Å². The van der Waals surface area contributed by atoms with Crippen LogP contribution in [0.2, 0.25) is 0 Å². The van der Waals surface area contributed by atoms with E-state index in [1.165, 1.54) is 18.3 Å². The van der Waals surface area contributed by atoms with E-state index in [0.29, 0.717) is 19.1 Å². The first kappa shape index (κ1) is 17.3. The molecule has 1 saturated heterocycles. The van der Waals surface area contributed by atoms with Crippen molar-refractivity contribution in [2.24, 2.45) is 0 Å². The summed E-state index contributed by atoms with van der Waals surface area (Å²) in [5.41, 5.74) is 0.231. The Hall–Kier alpha value is -3.51. The van der Waals surface area contributed by atoms with E-state index in [-0.39, 0.29) is 28.6 Å². The number of nitro benzene ring substituents is 1. The van der Waals surface area contributed by atoms with Gasteiger partial charge in [-0.1, -0.05) is 0 Å². The van der Waals surface area contributed by atoms with Crippen LogP contribution in [-0.2, 0) is 4.74 Å². The molecule has 0 saturated carbocycles. The van der Waals surface area contributed by atoms with E-state index in [1.807, 2.05) is 6.07 Å². The molecule has 0 radical (unpaired) electrons. The van der Waals surface area contributed by atoms with Gasteiger partial charge in [0.1, 0.15) is 12.2 Å². The molecule has 0 bridgehead atoms. The molecule has 3 rings (SSSR count). The van der Waals surface area contributed by atoms with Crippen molar-refractivity contribution in [3.63, 3.8) is 0 Å². The number of carbonyl (C=O) groups is 1. The zero-order valence-electron chi connectivity index (χ0n) is 13.5. The number of amides is 1. The Balaban J connectivity index is 1.69. The maximum atomic E-state index is 12.3. The van der Waals surface area contributed by atoms with Gasteiger partial charge < -0.3 is 14.8 Å². The molecule has 26 heavy (non-hydrogen) atoms. The number of hydrogen-bond acceptors (Lipinski definition) is 7. The van der Waals surface area contributed by atoms with Crippen molar-refractivity contribution >= 4 is 17.3 Å². The number of ether oxygens (including phenoxy) is 2. The minimum atomic E-state index is -0.607. The van der Waals surface area contributed by atoms with Crippen LogP contribution in [0, 0.1) is 21.4 Å². The number of nitriles is 1. The molecule has 9 heteroatoms. The largest absolute Gasteiger partial charge is 0.472 e. The van der Waals surface area contributed by atoms with Crippen LogP contribution in [-0.4, -0.2) is 35.1 Å². The summed E-state index contributed by atoms with van der Waals surface area (Å²) >= 11 is 0. The summed E-state index contributed by atoms with van der Waals surface area (Å²) in [6, 6.07) is 8.60. The third-order valence-electron chi connectivity index (χ3n) is 3.76. The van der Waals surface area contributed by atoms with Crippen molar-refractivity contribution in [1.82, 2.24) is 4.98 Å². The van der Waals surface area contributed by atoms with Crippen LogP contribution in [0.5, 0.6) is 5.88 Å². The van der Waals surface area contributed by atoms with Crippen molar-refractivity contribution in [2.45, 2.75) is 12.5 Å². The highest BCUT2D eigenvalue weighted by Gasteiger charge is 2.18. The van der Waals surface area contributed by atoms with Crippen molar-refractivity contribution in [1.29, 1.82) is 5.26 Å². The third kappa shape index (κ3) is 3.93. The summed E-state index contributed by atoms with van der Waals surface area (Å²) in [5, 5.41) is 22.4. The molecule has 132 valence electrons. The second-order valence-electron chi connectivity index (χ2n) is 5.54. The highest BCUT2D eigenvalue weighted by molar-refractivity contribution is 6.04. The molecule has 1 aromatic carbocycles. The number of benzene rings is 1. The van der Waals surface area contributed by atoms with Crippen LogP contribution < -0.4 is 10.1 Å². The second kappa shape index (κ2) is 7.58. The highest BCUT2D eigenvalue weighted by atomic mass is 16.6. The minimum absolute atomic E-state index is 0.00157. The highest BCUT2D eigenvalue weighted by Crippen LogP contribution is 2.22. The minimum Gasteiger partial charge on any atom is -0.472 e. The number of nitrogens with one attached hydrogen (secondary N) is 1. The molecule has 1 unspecified atom stereocenters. The number of non-ortho nitro benzene ring substituents is 1. The lowest BCUT2D eigenvalue weighted by molar-refractivity contribution is -0.384. The molecule has 0 aliphatic carbocycles. The van der Waals surface area contributed by atoms with Gasteiger partial charge in [-0.2, -0.15) is 5.26 Å². The van der Waals surface area contributed by atoms with Crippen LogP contribution in [0.25, 0.3) is 0 Å². The lowest BCUT2D eigenvalue weighted by Gasteiger charge is -2.11. The number of aromatic nitrogens is 1. The summed E-state index contributed by atoms with van der Waals surface area (Å²) < 4.78 is 10.8. The zero-order chi connectivity index (χ0) is 18.5. The standard InChI is InChI=1S/C17H14N4O5/c18-8-12-7-13(21(23)24)2-3-15(12)20-17(22)11-1-4-16(19-9-11)26-14-5-6-25-10-14/h1-4,7,9,14H,5-6,10H2,(H,20,22). The zero-order valence-corrected chi connectivity index (χ0v) is 13.5. The molecule has 1 N–H and O–H groups in total. The summed E-state index contributed by atoms with van der Waals surface area (Å²) in [6.07, 6.45) is 2.11. The van der Waals surface area contributed by atoms with E-state index in [0.717, 1.165) is 12.5 Å². The molecule has 1 aliphatic rings. The van der Waals surface area contributed by atoms with Gasteiger partial charge in [-0.3, -0.25) is 14.9 Å². The first-order chi connectivity index (χ1) is 12.6. The van der Waals surface area contributed by atoms with Crippen molar-refractivity contribution in [2.75, 3.05) is 18.5 Å². The molecule has 1 aliphatic heterocycles. The summed E-state index contributed by atoms with van der Waals surface area (Å²) in [5.74, 6) is -0.0938. The number of hydrogen-bond donors (Lipinski definition) is 1. The Labute approximate surface area is 148 Å². The molecular formula is C17H14N4O5. The van der Waals surface area contributed by atoms with Gasteiger partial charge in [0.15, 0.2) is 0 Å². The predicted octanol–water partition coefficient (Wildman–Crippen LogP) is 2.28. The Bertz CT molecular complexity index is 870. The normalized spacial score (nSPS) is 15.9. The molecule has 1 fully saturated rings. The van der Waals surface area contributed by atoms with E-state index in [9.17, 15) is 14.9 Å². The number of rotatable bonds is 5. The van der Waals surface area contributed by atoms with Gasteiger partial charge >= 0.3 is 0 Å². The Morgan fingerprint density at radius 2 is 2.27 bits per heavy atom. The summed E-state index contributed by atoms with van der Waals surface area (Å²) in [7, 11) is 0. The lowest BCUT2D eigenvalue weighted by atomic mass is 10.1. The van der Waals surface area contributed by atoms with E-state index in [1.54, 1.807) is 12.1 Å². The second-order valence-corrected chi connectivity index (χ2v) is 5.54. The van der Waals surface area contributed by atoms with E-state index >= 15 is 0 Å². The first-order valence-electron chi connectivity index (χ1n) is 7.77. The number of carbonyl (C=O) groups excluding carboxylic acids is 1. The van der Waals surface area contributed by atoms with E-state index in [2.05, 4.69) is 10.3 Å². The fourth-order valence-corrected chi connectivity index (χ4v) is 2.40. The Kier molecular flexibility index (Phi) is 5.05. The van der Waals surface area contributed by atoms with Crippen LogP contribution in [0.3, 0.4) is 0 Å². The Morgan fingerprint density at radius 1 is 1.42 bits per heavy atom. The third-order valence-corrected chi connectivity index (χ3v) is 3.76. The Morgan fingerprint density at radius 3 is 2.88 bits per heavy atom. The fourth-order valence-electron chi connectivity index (χ4n) is 2.40. The molecule has 0 spiro atoms. The average molecular weight is 354 g/mol. The SMILES string of the molecule is N#Cc1cc([N+](=O)[O-])ccc1NC(=O)c1ccc(OC2CCOC2)nc1. The summed E-state index contributed by atoms with van der Waals surface area (Å²) in [4.78, 5) is 26.5. The van der Waals surface area contributed by atoms with Gasteiger partial charge in [0.05, 0.1) is 35.0 Å². The van der Waals surface area contributed by atoms with Gasteiger partial charge in [0, 0.05) is 30.8 Å². The van der Waals surface area contributed by atoms with Gasteiger partial charge in [-0.15, -0.1) is 0 Å². The fraction of sp³-hybridized carbons (Fsp3) is 0.235. The topological polar surface area (TPSA) is 127 Å². The molecule has 1 amide bonds. The summed E-state index contributed by atoms with van der Waals surface area (Å²) in [6.45, 7) is 1.17. The van der Waals surface area contributed by atoms with E-state index in [4.69, 9.17) is 14.7 Å². The molecular weight excluding hydrogens is 340 g/mol. The van der Waals surface area contributed by atoms with Crippen LogP contribution in [0.1, 0.15) is 22.3 Å². The predicted molar refractivity (Wildman–Crippen MR) is 89.9 cm³/mol. The van der Waals surface area contributed by atoms with Crippen molar-refractivity contribution < 1.29 is 19.2 Å². The first-order valence-corrected chi connectivity index (χ1v) is 7.77. The number of nitro groups is 1. The van der Waals surface area contributed by atoms with Crippen LogP contribution in [0.4, 0.5) is 11.4 Å². The number of anilines is 1. The van der Waals surface area contributed by atoms with Crippen molar-refractivity contribution in [3.8, 4) is 11.9 Å². The average Bonchev–Trinajstić information content (AvgIpc) is 3.15. The van der Waals surface area contributed by atoms with Crippen LogP contribution >= 0.6 is 0 Å². The molecule has 9 nitrogen and oxygen atoms in total. The quantitative estimate of drug-likeness (QED) is 0.644. The van der Waals surface area contributed by atoms with E-state index < -0.39 is 10.8 Å². The van der Waals surface area contributed by atoms with Crippen molar-refractivity contribution in [3.05, 3.63) is 57.8 Å². The van der Waals surface area contributed by atoms with Gasteiger partial charge in [-0.25, -0.2) is 4.98 Å². The maximum absolute atomic E-state index is 12.3. The molecule has 2 heterocycles.